The van der Waals surface area contributed by atoms with Crippen LogP contribution < -0.4 is 9.47 Å². The Morgan fingerprint density at radius 2 is 1.58 bits per heavy atom. The number of methoxy groups -OCH3 is 1. The average Bonchev–Trinajstić information content (AvgIpc) is 2.90. The molecule has 192 valence electrons. The number of hydrogen-bond donors (Lipinski definition) is 0. The Kier molecular flexibility index (Phi) is 8.95. The summed E-state index contributed by atoms with van der Waals surface area (Å²) >= 11 is 0. The quantitative estimate of drug-likeness (QED) is 0.261. The maximum Gasteiger partial charge on any atom is 0.168 e. The van der Waals surface area contributed by atoms with Crippen LogP contribution in [0.25, 0.3) is 11.1 Å². The van der Waals surface area contributed by atoms with Crippen LogP contribution in [0, 0.1) is 23.4 Å². The minimum absolute atomic E-state index is 0.0956. The lowest BCUT2D eigenvalue weighted by Gasteiger charge is -2.29. The van der Waals surface area contributed by atoms with Gasteiger partial charge in [0.2, 0.25) is 0 Å². The molecular weight excluding hydrogens is 461 g/mol. The summed E-state index contributed by atoms with van der Waals surface area (Å²) < 4.78 is 54.6. The Morgan fingerprint density at radius 1 is 0.833 bits per heavy atom. The zero-order valence-electron chi connectivity index (χ0n) is 21.2. The van der Waals surface area contributed by atoms with E-state index in [4.69, 9.17) is 9.47 Å². The van der Waals surface area contributed by atoms with Crippen molar-refractivity contribution in [1.82, 2.24) is 0 Å². The molecule has 0 amide bonds. The van der Waals surface area contributed by atoms with Gasteiger partial charge >= 0.3 is 0 Å². The summed E-state index contributed by atoms with van der Waals surface area (Å²) in [5.74, 6) is -0.625. The Morgan fingerprint density at radius 3 is 2.25 bits per heavy atom. The maximum absolute atomic E-state index is 15.1. The zero-order chi connectivity index (χ0) is 25.5. The highest BCUT2D eigenvalue weighted by molar-refractivity contribution is 5.65. The number of ether oxygens (including phenoxy) is 2. The zero-order valence-corrected chi connectivity index (χ0v) is 21.2. The van der Waals surface area contributed by atoms with Crippen molar-refractivity contribution >= 4 is 0 Å². The molecule has 0 bridgehead atoms. The number of halogens is 3. The highest BCUT2D eigenvalue weighted by Crippen LogP contribution is 2.40. The molecule has 0 radical (unpaired) electrons. The molecular formula is C31H35F3O2. The van der Waals surface area contributed by atoms with Gasteiger partial charge in [-0.3, -0.25) is 0 Å². The van der Waals surface area contributed by atoms with E-state index in [0.717, 1.165) is 37.2 Å². The first kappa shape index (κ1) is 26.1. The van der Waals surface area contributed by atoms with Crippen LogP contribution in [-0.4, -0.2) is 7.11 Å². The summed E-state index contributed by atoms with van der Waals surface area (Å²) in [5.41, 5.74) is 2.22. The Bertz CT molecular complexity index is 1140. The summed E-state index contributed by atoms with van der Waals surface area (Å²) in [6, 6.07) is 15.0. The average molecular weight is 497 g/mol. The third kappa shape index (κ3) is 6.24. The molecule has 1 aliphatic rings. The van der Waals surface area contributed by atoms with Crippen molar-refractivity contribution in [3.63, 3.8) is 0 Å². The molecule has 0 heterocycles. The molecule has 1 aliphatic carbocycles. The molecule has 0 unspecified atom stereocenters. The number of rotatable bonds is 10. The third-order valence-electron chi connectivity index (χ3n) is 7.41. The van der Waals surface area contributed by atoms with Crippen LogP contribution in [0.2, 0.25) is 0 Å². The highest BCUT2D eigenvalue weighted by atomic mass is 19.2. The van der Waals surface area contributed by atoms with E-state index in [2.05, 4.69) is 6.92 Å². The van der Waals surface area contributed by atoms with Crippen LogP contribution in [0.15, 0.2) is 54.6 Å². The second kappa shape index (κ2) is 12.3. The summed E-state index contributed by atoms with van der Waals surface area (Å²) in [7, 11) is 1.41. The number of unbranched alkanes of at least 4 members (excludes halogenated alkanes) is 2. The molecule has 0 aliphatic heterocycles. The monoisotopic (exact) mass is 496 g/mol. The lowest BCUT2D eigenvalue weighted by atomic mass is 9.76. The molecule has 4 rings (SSSR count). The van der Waals surface area contributed by atoms with Gasteiger partial charge in [0, 0.05) is 11.6 Å². The summed E-state index contributed by atoms with van der Waals surface area (Å²) in [4.78, 5) is 0. The van der Waals surface area contributed by atoms with E-state index in [1.54, 1.807) is 42.5 Å². The molecule has 5 heteroatoms. The van der Waals surface area contributed by atoms with Gasteiger partial charge in [-0.15, -0.1) is 0 Å². The van der Waals surface area contributed by atoms with E-state index in [1.165, 1.54) is 44.9 Å². The molecule has 3 aromatic carbocycles. The molecule has 0 spiro atoms. The molecule has 3 aromatic rings. The highest BCUT2D eigenvalue weighted by Gasteiger charge is 2.26. The van der Waals surface area contributed by atoms with Gasteiger partial charge in [-0.2, -0.15) is 0 Å². The van der Waals surface area contributed by atoms with Crippen LogP contribution in [-0.2, 0) is 6.61 Å². The molecule has 0 atom stereocenters. The van der Waals surface area contributed by atoms with Gasteiger partial charge in [-0.05, 0) is 66.3 Å². The minimum Gasteiger partial charge on any atom is -0.494 e. The summed E-state index contributed by atoms with van der Waals surface area (Å²) in [6.07, 6.45) is 9.10. The lowest BCUT2D eigenvalue weighted by Crippen LogP contribution is -2.15. The molecule has 2 nitrogen and oxygen atoms in total. The van der Waals surface area contributed by atoms with Gasteiger partial charge in [0.05, 0.1) is 7.11 Å². The van der Waals surface area contributed by atoms with Crippen molar-refractivity contribution in [2.45, 2.75) is 70.8 Å². The second-order valence-electron chi connectivity index (χ2n) is 9.83. The standard InChI is InChI=1S/C31H35F3O2/c1-3-4-5-6-21-7-11-23(12-8-21)26-16-17-27(31(34)30(26)33)24-13-9-22(10-14-24)20-36-25-15-18-29(35-2)28(32)19-25/h9-10,13-19,21,23H,3-8,11-12,20H2,1-2H3. The first-order valence-corrected chi connectivity index (χ1v) is 13.0. The van der Waals surface area contributed by atoms with Gasteiger partial charge in [0.15, 0.2) is 23.2 Å². The van der Waals surface area contributed by atoms with Crippen molar-refractivity contribution in [3.8, 4) is 22.6 Å². The van der Waals surface area contributed by atoms with E-state index < -0.39 is 17.5 Å². The fourth-order valence-electron chi connectivity index (χ4n) is 5.23. The smallest absolute Gasteiger partial charge is 0.168 e. The first-order chi connectivity index (χ1) is 17.5. The fraction of sp³-hybridized carbons (Fsp3) is 0.419. The topological polar surface area (TPSA) is 18.5 Å². The van der Waals surface area contributed by atoms with Crippen molar-refractivity contribution < 1.29 is 22.6 Å². The Balaban J connectivity index is 1.38. The van der Waals surface area contributed by atoms with E-state index in [-0.39, 0.29) is 23.8 Å². The van der Waals surface area contributed by atoms with Gasteiger partial charge in [0.25, 0.3) is 0 Å². The Labute approximate surface area is 212 Å². The predicted molar refractivity (Wildman–Crippen MR) is 138 cm³/mol. The van der Waals surface area contributed by atoms with Gasteiger partial charge in [0.1, 0.15) is 12.4 Å². The fourth-order valence-corrected chi connectivity index (χ4v) is 5.23. The second-order valence-corrected chi connectivity index (χ2v) is 9.83. The summed E-state index contributed by atoms with van der Waals surface area (Å²) in [5, 5.41) is 0. The maximum atomic E-state index is 15.1. The van der Waals surface area contributed by atoms with Crippen LogP contribution in [0.5, 0.6) is 11.5 Å². The summed E-state index contributed by atoms with van der Waals surface area (Å²) in [6.45, 7) is 2.44. The van der Waals surface area contributed by atoms with Crippen molar-refractivity contribution in [3.05, 3.63) is 83.2 Å². The predicted octanol–water partition coefficient (Wildman–Crippen LogP) is 9.21. The normalized spacial score (nSPS) is 17.7. The lowest BCUT2D eigenvalue weighted by molar-refractivity contribution is 0.298. The van der Waals surface area contributed by atoms with Gasteiger partial charge < -0.3 is 9.47 Å². The molecule has 36 heavy (non-hydrogen) atoms. The number of hydrogen-bond acceptors (Lipinski definition) is 2. The largest absolute Gasteiger partial charge is 0.494 e. The van der Waals surface area contributed by atoms with Gasteiger partial charge in [-0.25, -0.2) is 13.2 Å². The van der Waals surface area contributed by atoms with Gasteiger partial charge in [-0.1, -0.05) is 69.0 Å². The van der Waals surface area contributed by atoms with Crippen LogP contribution in [0.3, 0.4) is 0 Å². The van der Waals surface area contributed by atoms with Crippen molar-refractivity contribution in [1.29, 1.82) is 0 Å². The third-order valence-corrected chi connectivity index (χ3v) is 7.41. The van der Waals surface area contributed by atoms with Crippen molar-refractivity contribution in [2.75, 3.05) is 7.11 Å². The Hall–Kier alpha value is -2.95. The number of benzene rings is 3. The minimum atomic E-state index is -0.782. The van der Waals surface area contributed by atoms with Crippen LogP contribution in [0.1, 0.15) is 75.3 Å². The molecule has 1 saturated carbocycles. The first-order valence-electron chi connectivity index (χ1n) is 13.0. The van der Waals surface area contributed by atoms with E-state index >= 15 is 8.78 Å². The van der Waals surface area contributed by atoms with E-state index in [0.29, 0.717) is 16.9 Å². The van der Waals surface area contributed by atoms with Crippen LogP contribution in [0.4, 0.5) is 13.2 Å². The molecule has 1 fully saturated rings. The van der Waals surface area contributed by atoms with E-state index in [1.807, 2.05) is 0 Å². The SMILES string of the molecule is CCCCCC1CCC(c2ccc(-c3ccc(COc4ccc(OC)c(F)c4)cc3)c(F)c2F)CC1. The van der Waals surface area contributed by atoms with E-state index in [9.17, 15) is 4.39 Å². The molecule has 0 aromatic heterocycles. The molecule has 0 N–H and O–H groups in total. The van der Waals surface area contributed by atoms with Crippen LogP contribution >= 0.6 is 0 Å². The van der Waals surface area contributed by atoms with Crippen molar-refractivity contribution in [2.24, 2.45) is 5.92 Å². The molecule has 0 saturated heterocycles.